The van der Waals surface area contributed by atoms with Crippen LogP contribution in [0.2, 0.25) is 5.02 Å². The van der Waals surface area contributed by atoms with E-state index in [1.807, 2.05) is 18.2 Å². The molecule has 3 rings (SSSR count). The Labute approximate surface area is 128 Å². The van der Waals surface area contributed by atoms with Gasteiger partial charge in [0, 0.05) is 37.0 Å². The van der Waals surface area contributed by atoms with Crippen molar-refractivity contribution in [3.8, 4) is 11.3 Å². The number of Topliss-reactive ketones (excluding diaryl/α,β-unsaturated/α-hetero) is 1. The van der Waals surface area contributed by atoms with Crippen LogP contribution in [-0.2, 0) is 11.3 Å². The number of nitrogens with zero attached hydrogens (tertiary/aromatic N) is 2. The summed E-state index contributed by atoms with van der Waals surface area (Å²) in [7, 11) is 1.64. The molecule has 4 nitrogen and oxygen atoms in total. The van der Waals surface area contributed by atoms with E-state index in [0.717, 1.165) is 35.7 Å². The first-order valence-electron chi connectivity index (χ1n) is 6.71. The van der Waals surface area contributed by atoms with Crippen molar-refractivity contribution < 1.29 is 9.53 Å². The quantitative estimate of drug-likeness (QED) is 0.810. The van der Waals surface area contributed by atoms with Crippen molar-refractivity contribution in [3.05, 3.63) is 46.6 Å². The number of rotatable bonds is 3. The third-order valence-electron chi connectivity index (χ3n) is 3.67. The van der Waals surface area contributed by atoms with Gasteiger partial charge in [-0.3, -0.25) is 9.78 Å². The monoisotopic (exact) mass is 302 g/mol. The molecule has 5 heteroatoms. The van der Waals surface area contributed by atoms with E-state index in [0.29, 0.717) is 10.6 Å². The number of carbonyl (C=O) groups excluding carboxylic acids is 1. The molecule has 0 saturated heterocycles. The molecule has 0 aliphatic carbocycles. The fraction of sp³-hybridized carbons (Fsp3) is 0.250. The van der Waals surface area contributed by atoms with Gasteiger partial charge < -0.3 is 9.30 Å². The summed E-state index contributed by atoms with van der Waals surface area (Å²) < 4.78 is 7.39. The normalized spacial score (nSPS) is 13.6. The molecule has 108 valence electrons. The van der Waals surface area contributed by atoms with E-state index in [9.17, 15) is 4.79 Å². The summed E-state index contributed by atoms with van der Waals surface area (Å²) in [5.41, 5.74) is 3.11. The van der Waals surface area contributed by atoms with Gasteiger partial charge in [0.15, 0.2) is 5.78 Å². The van der Waals surface area contributed by atoms with Gasteiger partial charge in [-0.1, -0.05) is 11.6 Å². The third kappa shape index (κ3) is 2.25. The van der Waals surface area contributed by atoms with E-state index in [1.165, 1.54) is 6.92 Å². The number of allylic oxidation sites excluding steroid dienone is 1. The van der Waals surface area contributed by atoms with Crippen molar-refractivity contribution in [3.63, 3.8) is 0 Å². The van der Waals surface area contributed by atoms with Crippen LogP contribution in [0, 0.1) is 0 Å². The lowest BCUT2D eigenvalue weighted by molar-refractivity contribution is 0.101. The van der Waals surface area contributed by atoms with Gasteiger partial charge in [-0.2, -0.15) is 0 Å². The van der Waals surface area contributed by atoms with Crippen LogP contribution >= 0.6 is 11.6 Å². The molecular weight excluding hydrogens is 288 g/mol. The molecule has 0 radical (unpaired) electrons. The summed E-state index contributed by atoms with van der Waals surface area (Å²) in [5.74, 6) is 0.810. The van der Waals surface area contributed by atoms with Crippen LogP contribution in [0.4, 0.5) is 0 Å². The van der Waals surface area contributed by atoms with Gasteiger partial charge in [-0.15, -0.1) is 0 Å². The predicted molar refractivity (Wildman–Crippen MR) is 82.3 cm³/mol. The summed E-state index contributed by atoms with van der Waals surface area (Å²) in [4.78, 5) is 16.1. The summed E-state index contributed by atoms with van der Waals surface area (Å²) in [6.45, 7) is 2.26. The number of hydrogen-bond donors (Lipinski definition) is 0. The number of methoxy groups -OCH3 is 1. The van der Waals surface area contributed by atoms with Crippen LogP contribution in [0.5, 0.6) is 0 Å². The Balaban J connectivity index is 2.29. The zero-order valence-corrected chi connectivity index (χ0v) is 12.6. The Kier molecular flexibility index (Phi) is 3.55. The third-order valence-corrected chi connectivity index (χ3v) is 4.04. The van der Waals surface area contributed by atoms with Crippen molar-refractivity contribution in [2.24, 2.45) is 0 Å². The van der Waals surface area contributed by atoms with Gasteiger partial charge in [-0.25, -0.2) is 0 Å². The first-order valence-corrected chi connectivity index (χ1v) is 7.09. The Hall–Kier alpha value is -2.07. The molecule has 0 unspecified atom stereocenters. The largest absolute Gasteiger partial charge is 0.501 e. The molecule has 21 heavy (non-hydrogen) atoms. The average molecular weight is 303 g/mol. The minimum Gasteiger partial charge on any atom is -0.501 e. The number of fused-ring (bicyclic) bond motifs is 1. The molecule has 0 spiro atoms. The van der Waals surface area contributed by atoms with Crippen molar-refractivity contribution >= 4 is 23.5 Å². The number of aromatic nitrogens is 2. The maximum absolute atomic E-state index is 12.0. The molecule has 1 aliphatic heterocycles. The van der Waals surface area contributed by atoms with E-state index in [4.69, 9.17) is 16.3 Å². The number of halogens is 1. The van der Waals surface area contributed by atoms with Crippen LogP contribution in [0.1, 0.15) is 29.4 Å². The van der Waals surface area contributed by atoms with Crippen LogP contribution in [-0.4, -0.2) is 22.4 Å². The highest BCUT2D eigenvalue weighted by atomic mass is 35.5. The zero-order chi connectivity index (χ0) is 15.0. The predicted octanol–water partition coefficient (Wildman–Crippen LogP) is 3.80. The molecule has 1 aliphatic rings. The summed E-state index contributed by atoms with van der Waals surface area (Å²) >= 11 is 6.50. The molecule has 2 aromatic rings. The van der Waals surface area contributed by atoms with Crippen molar-refractivity contribution in [1.82, 2.24) is 9.55 Å². The SMILES string of the molecule is COC1=Cc2c(C(C)=O)c(Cl)c(-c3cccnc3)n2CC1. The molecule has 0 saturated carbocycles. The smallest absolute Gasteiger partial charge is 0.163 e. The molecule has 0 atom stereocenters. The van der Waals surface area contributed by atoms with E-state index in [2.05, 4.69) is 9.55 Å². The lowest BCUT2D eigenvalue weighted by atomic mass is 10.1. The molecule has 0 N–H and O–H groups in total. The van der Waals surface area contributed by atoms with Gasteiger partial charge in [-0.05, 0) is 19.1 Å². The minimum absolute atomic E-state index is 0.0486. The maximum Gasteiger partial charge on any atom is 0.163 e. The molecular formula is C16H15ClN2O2. The molecule has 3 heterocycles. The highest BCUT2D eigenvalue weighted by Crippen LogP contribution is 2.39. The number of hydrogen-bond acceptors (Lipinski definition) is 3. The first kappa shape index (κ1) is 13.9. The highest BCUT2D eigenvalue weighted by Gasteiger charge is 2.26. The minimum atomic E-state index is -0.0486. The molecule has 2 aromatic heterocycles. The van der Waals surface area contributed by atoms with Gasteiger partial charge in [0.2, 0.25) is 0 Å². The number of ether oxygens (including phenoxy) is 1. The lowest BCUT2D eigenvalue weighted by Gasteiger charge is -2.18. The number of pyridine rings is 1. The molecule has 0 fully saturated rings. The van der Waals surface area contributed by atoms with Crippen LogP contribution in [0.25, 0.3) is 17.3 Å². The fourth-order valence-corrected chi connectivity index (χ4v) is 3.16. The van der Waals surface area contributed by atoms with Crippen LogP contribution < -0.4 is 0 Å². The van der Waals surface area contributed by atoms with E-state index >= 15 is 0 Å². The van der Waals surface area contributed by atoms with Crippen molar-refractivity contribution in [2.75, 3.05) is 7.11 Å². The maximum atomic E-state index is 12.0. The van der Waals surface area contributed by atoms with Gasteiger partial charge in [0.25, 0.3) is 0 Å². The van der Waals surface area contributed by atoms with Gasteiger partial charge in [0.05, 0.1) is 34.8 Å². The summed E-state index contributed by atoms with van der Waals surface area (Å²) in [5, 5.41) is 0.485. The second-order valence-electron chi connectivity index (χ2n) is 4.94. The second-order valence-corrected chi connectivity index (χ2v) is 5.32. The first-order chi connectivity index (χ1) is 10.1. The molecule has 0 bridgehead atoms. The van der Waals surface area contributed by atoms with Crippen molar-refractivity contribution in [2.45, 2.75) is 19.9 Å². The van der Waals surface area contributed by atoms with Gasteiger partial charge in [0.1, 0.15) is 0 Å². The zero-order valence-electron chi connectivity index (χ0n) is 11.9. The Bertz CT molecular complexity index is 732. The van der Waals surface area contributed by atoms with E-state index < -0.39 is 0 Å². The van der Waals surface area contributed by atoms with Crippen molar-refractivity contribution in [1.29, 1.82) is 0 Å². The molecule has 0 aromatic carbocycles. The standard InChI is InChI=1S/C16H15ClN2O2/c1-10(20)14-13-8-12(21-2)5-7-19(13)16(15(14)17)11-4-3-6-18-9-11/h3-4,6,8-9H,5,7H2,1-2H3. The van der Waals surface area contributed by atoms with E-state index in [-0.39, 0.29) is 5.78 Å². The Morgan fingerprint density at radius 2 is 2.29 bits per heavy atom. The van der Waals surface area contributed by atoms with Crippen LogP contribution in [0.3, 0.4) is 0 Å². The number of carbonyl (C=O) groups is 1. The van der Waals surface area contributed by atoms with Crippen LogP contribution in [0.15, 0.2) is 30.3 Å². The lowest BCUT2D eigenvalue weighted by Crippen LogP contribution is -2.10. The topological polar surface area (TPSA) is 44.1 Å². The summed E-state index contributed by atoms with van der Waals surface area (Å²) in [6, 6.07) is 3.80. The second kappa shape index (κ2) is 5.37. The summed E-state index contributed by atoms with van der Waals surface area (Å²) in [6.07, 6.45) is 6.14. The fourth-order valence-electron chi connectivity index (χ4n) is 2.72. The van der Waals surface area contributed by atoms with Gasteiger partial charge >= 0.3 is 0 Å². The Morgan fingerprint density at radius 3 is 2.90 bits per heavy atom. The molecule has 0 amide bonds. The average Bonchev–Trinajstić information content (AvgIpc) is 2.79. The highest BCUT2D eigenvalue weighted by molar-refractivity contribution is 6.37. The number of ketones is 1. The Morgan fingerprint density at radius 1 is 1.48 bits per heavy atom. The van der Waals surface area contributed by atoms with E-state index in [1.54, 1.807) is 19.5 Å².